The number of benzene rings is 1. The molecule has 1 heteroatoms. The van der Waals surface area contributed by atoms with E-state index in [1.807, 2.05) is 6.07 Å². The van der Waals surface area contributed by atoms with Crippen LogP contribution in [0.3, 0.4) is 0 Å². The molecule has 1 aliphatic carbocycles. The fraction of sp³-hybridized carbons (Fsp3) is 0.500. The fourth-order valence-corrected chi connectivity index (χ4v) is 2.37. The summed E-state index contributed by atoms with van der Waals surface area (Å²) >= 11 is 6.31. The Labute approximate surface area is 84.9 Å². The van der Waals surface area contributed by atoms with Crippen LogP contribution in [0.4, 0.5) is 0 Å². The zero-order valence-electron chi connectivity index (χ0n) is 7.91. The minimum Gasteiger partial charge on any atom is -0.122 e. The summed E-state index contributed by atoms with van der Waals surface area (Å²) in [6, 6.07) is 10.5. The van der Waals surface area contributed by atoms with Crippen LogP contribution in [0.15, 0.2) is 30.3 Å². The summed E-state index contributed by atoms with van der Waals surface area (Å²) in [5.41, 5.74) is 1.36. The van der Waals surface area contributed by atoms with E-state index in [1.54, 1.807) is 0 Å². The fourth-order valence-electron chi connectivity index (χ4n) is 1.85. The molecule has 0 bridgehead atoms. The summed E-state index contributed by atoms with van der Waals surface area (Å²) < 4.78 is 0. The average Bonchev–Trinajstić information content (AvgIpc) is 2.84. The van der Waals surface area contributed by atoms with Gasteiger partial charge in [0, 0.05) is 5.38 Å². The maximum absolute atomic E-state index is 6.31. The molecule has 1 aliphatic rings. The van der Waals surface area contributed by atoms with E-state index >= 15 is 0 Å². The lowest BCUT2D eigenvalue weighted by atomic mass is 10.1. The summed E-state index contributed by atoms with van der Waals surface area (Å²) in [6.45, 7) is 2.28. The van der Waals surface area contributed by atoms with Crippen molar-refractivity contribution in [2.24, 2.45) is 11.8 Å². The van der Waals surface area contributed by atoms with Gasteiger partial charge in [0.05, 0.1) is 0 Å². The molecule has 0 heterocycles. The van der Waals surface area contributed by atoms with Crippen molar-refractivity contribution in [3.8, 4) is 0 Å². The lowest BCUT2D eigenvalue weighted by Crippen LogP contribution is -2.06. The number of hydrogen-bond donors (Lipinski definition) is 0. The first-order valence-corrected chi connectivity index (χ1v) is 5.39. The Balaban J connectivity index is 1.91. The molecule has 0 saturated heterocycles. The van der Waals surface area contributed by atoms with Gasteiger partial charge in [-0.05, 0) is 30.2 Å². The van der Waals surface area contributed by atoms with Crippen LogP contribution in [0.5, 0.6) is 0 Å². The van der Waals surface area contributed by atoms with E-state index in [2.05, 4.69) is 31.2 Å². The molecule has 3 atom stereocenters. The molecule has 2 rings (SSSR count). The van der Waals surface area contributed by atoms with Crippen LogP contribution in [0, 0.1) is 11.8 Å². The zero-order chi connectivity index (χ0) is 9.26. The third-order valence-electron chi connectivity index (χ3n) is 2.91. The Morgan fingerprint density at radius 1 is 1.38 bits per heavy atom. The van der Waals surface area contributed by atoms with Crippen LogP contribution in [-0.4, -0.2) is 5.38 Å². The van der Waals surface area contributed by atoms with Crippen LogP contribution in [0.2, 0.25) is 0 Å². The van der Waals surface area contributed by atoms with Gasteiger partial charge in [-0.1, -0.05) is 37.3 Å². The molecule has 1 fully saturated rings. The second kappa shape index (κ2) is 3.71. The number of rotatable bonds is 3. The Hall–Kier alpha value is -0.490. The topological polar surface area (TPSA) is 0 Å². The molecule has 0 spiro atoms. The maximum Gasteiger partial charge on any atom is 0.0407 e. The van der Waals surface area contributed by atoms with Gasteiger partial charge in [0.2, 0.25) is 0 Å². The van der Waals surface area contributed by atoms with E-state index in [0.717, 1.165) is 18.3 Å². The smallest absolute Gasteiger partial charge is 0.0407 e. The summed E-state index contributed by atoms with van der Waals surface area (Å²) in [6.07, 6.45) is 2.35. The van der Waals surface area contributed by atoms with E-state index in [-0.39, 0.29) is 0 Å². The lowest BCUT2D eigenvalue weighted by Gasteiger charge is -2.07. The third-order valence-corrected chi connectivity index (χ3v) is 3.39. The van der Waals surface area contributed by atoms with E-state index in [4.69, 9.17) is 11.6 Å². The first-order chi connectivity index (χ1) is 6.27. The summed E-state index contributed by atoms with van der Waals surface area (Å²) in [5, 5.41) is 0.345. The van der Waals surface area contributed by atoms with Crippen LogP contribution >= 0.6 is 11.6 Å². The quantitative estimate of drug-likeness (QED) is 0.647. The van der Waals surface area contributed by atoms with Crippen molar-refractivity contribution < 1.29 is 0 Å². The molecular formula is C12H15Cl. The van der Waals surface area contributed by atoms with Gasteiger partial charge in [-0.3, -0.25) is 0 Å². The van der Waals surface area contributed by atoms with Crippen molar-refractivity contribution in [2.75, 3.05) is 0 Å². The molecule has 0 nitrogen and oxygen atoms in total. The van der Waals surface area contributed by atoms with Gasteiger partial charge in [0.1, 0.15) is 0 Å². The molecule has 0 N–H and O–H groups in total. The highest BCUT2D eigenvalue weighted by molar-refractivity contribution is 6.21. The van der Waals surface area contributed by atoms with Gasteiger partial charge in [-0.25, -0.2) is 0 Å². The van der Waals surface area contributed by atoms with Crippen LogP contribution in [0.25, 0.3) is 0 Å². The minimum absolute atomic E-state index is 0.345. The molecule has 13 heavy (non-hydrogen) atoms. The normalized spacial score (nSPS) is 28.5. The van der Waals surface area contributed by atoms with Crippen molar-refractivity contribution in [2.45, 2.75) is 25.1 Å². The second-order valence-corrected chi connectivity index (χ2v) is 4.64. The lowest BCUT2D eigenvalue weighted by molar-refractivity contribution is 0.683. The Bertz CT molecular complexity index is 268. The highest BCUT2D eigenvalue weighted by Gasteiger charge is 2.38. The highest BCUT2D eigenvalue weighted by atomic mass is 35.5. The van der Waals surface area contributed by atoms with Gasteiger partial charge in [0.25, 0.3) is 0 Å². The summed E-state index contributed by atoms with van der Waals surface area (Å²) in [4.78, 5) is 0. The van der Waals surface area contributed by atoms with Crippen molar-refractivity contribution >= 4 is 11.6 Å². The van der Waals surface area contributed by atoms with E-state index in [0.29, 0.717) is 5.38 Å². The van der Waals surface area contributed by atoms with Crippen molar-refractivity contribution in [1.29, 1.82) is 0 Å². The number of hydrogen-bond acceptors (Lipinski definition) is 0. The van der Waals surface area contributed by atoms with E-state index in [9.17, 15) is 0 Å². The van der Waals surface area contributed by atoms with E-state index < -0.39 is 0 Å². The SMILES string of the molecule is CC1CC1C(Cl)Cc1ccccc1. The predicted octanol–water partition coefficient (Wildman–Crippen LogP) is 3.49. The van der Waals surface area contributed by atoms with Gasteiger partial charge >= 0.3 is 0 Å². The third kappa shape index (κ3) is 2.25. The molecule has 0 radical (unpaired) electrons. The van der Waals surface area contributed by atoms with Crippen LogP contribution in [0.1, 0.15) is 18.9 Å². The van der Waals surface area contributed by atoms with Crippen molar-refractivity contribution in [1.82, 2.24) is 0 Å². The number of halogens is 1. The monoisotopic (exact) mass is 194 g/mol. The molecular weight excluding hydrogens is 180 g/mol. The molecule has 0 amide bonds. The Morgan fingerprint density at radius 3 is 2.54 bits per heavy atom. The molecule has 1 aromatic rings. The van der Waals surface area contributed by atoms with Crippen LogP contribution in [-0.2, 0) is 6.42 Å². The standard InChI is InChI=1S/C12H15Cl/c1-9-7-11(9)12(13)8-10-5-3-2-4-6-10/h2-6,9,11-12H,7-8H2,1H3. The molecule has 1 aromatic carbocycles. The van der Waals surface area contributed by atoms with Gasteiger partial charge in [0.15, 0.2) is 0 Å². The zero-order valence-corrected chi connectivity index (χ0v) is 8.67. The van der Waals surface area contributed by atoms with Crippen LogP contribution < -0.4 is 0 Å². The minimum atomic E-state index is 0.345. The van der Waals surface area contributed by atoms with Gasteiger partial charge in [-0.2, -0.15) is 0 Å². The molecule has 0 aromatic heterocycles. The van der Waals surface area contributed by atoms with E-state index in [1.165, 1.54) is 12.0 Å². The second-order valence-electron chi connectivity index (χ2n) is 4.08. The Kier molecular flexibility index (Phi) is 2.59. The predicted molar refractivity (Wildman–Crippen MR) is 57.1 cm³/mol. The van der Waals surface area contributed by atoms with Crippen molar-refractivity contribution in [3.05, 3.63) is 35.9 Å². The first kappa shape index (κ1) is 9.08. The summed E-state index contributed by atoms with van der Waals surface area (Å²) in [7, 11) is 0. The number of alkyl halides is 1. The maximum atomic E-state index is 6.31. The Morgan fingerprint density at radius 2 is 2.00 bits per heavy atom. The largest absolute Gasteiger partial charge is 0.122 e. The summed E-state index contributed by atoms with van der Waals surface area (Å²) in [5.74, 6) is 1.62. The van der Waals surface area contributed by atoms with Gasteiger partial charge in [-0.15, -0.1) is 11.6 Å². The first-order valence-electron chi connectivity index (χ1n) is 4.95. The molecule has 1 saturated carbocycles. The van der Waals surface area contributed by atoms with Crippen molar-refractivity contribution in [3.63, 3.8) is 0 Å². The van der Waals surface area contributed by atoms with Gasteiger partial charge < -0.3 is 0 Å². The molecule has 0 aliphatic heterocycles. The highest BCUT2D eigenvalue weighted by Crippen LogP contribution is 2.43. The average molecular weight is 195 g/mol. The molecule has 3 unspecified atom stereocenters. The molecule has 70 valence electrons.